The van der Waals surface area contributed by atoms with Crippen LogP contribution in [0.2, 0.25) is 5.02 Å². The second-order valence-corrected chi connectivity index (χ2v) is 5.04. The lowest BCUT2D eigenvalue weighted by Crippen LogP contribution is -2.15. The zero-order chi connectivity index (χ0) is 15.2. The molecule has 110 valence electrons. The standard InChI is InChI=1S/C15H13Cl2NO3/c16-11-4-6-12(7-5-11)21-13-3-1-2-10(8-13)14(18-17)9-15(19)20/h1-8,14,18H,9H2,(H,19,20)/t14-/m0/s1. The van der Waals surface area contributed by atoms with E-state index in [1.807, 2.05) is 0 Å². The maximum absolute atomic E-state index is 10.8. The van der Waals surface area contributed by atoms with Crippen molar-refractivity contribution >= 4 is 29.3 Å². The lowest BCUT2D eigenvalue weighted by molar-refractivity contribution is -0.137. The topological polar surface area (TPSA) is 58.6 Å². The van der Waals surface area contributed by atoms with Gasteiger partial charge in [-0.3, -0.25) is 4.79 Å². The van der Waals surface area contributed by atoms with Crippen molar-refractivity contribution in [2.24, 2.45) is 0 Å². The first-order chi connectivity index (χ1) is 10.1. The molecule has 0 bridgehead atoms. The zero-order valence-electron chi connectivity index (χ0n) is 10.9. The predicted molar refractivity (Wildman–Crippen MR) is 82.0 cm³/mol. The van der Waals surface area contributed by atoms with Crippen LogP contribution in [0, 0.1) is 0 Å². The number of carboxylic acids is 1. The van der Waals surface area contributed by atoms with Gasteiger partial charge >= 0.3 is 5.97 Å². The molecule has 2 rings (SSSR count). The number of halogens is 2. The summed E-state index contributed by atoms with van der Waals surface area (Å²) < 4.78 is 5.70. The number of nitrogens with one attached hydrogen (secondary N) is 1. The van der Waals surface area contributed by atoms with Crippen molar-refractivity contribution in [2.45, 2.75) is 12.5 Å². The third-order valence-corrected chi connectivity index (χ3v) is 3.34. The summed E-state index contributed by atoms with van der Waals surface area (Å²) in [6.45, 7) is 0. The fourth-order valence-electron chi connectivity index (χ4n) is 1.83. The minimum absolute atomic E-state index is 0.117. The van der Waals surface area contributed by atoms with Gasteiger partial charge in [-0.15, -0.1) is 0 Å². The third kappa shape index (κ3) is 4.63. The van der Waals surface area contributed by atoms with Crippen LogP contribution in [0.25, 0.3) is 0 Å². The van der Waals surface area contributed by atoms with E-state index in [-0.39, 0.29) is 6.42 Å². The van der Waals surface area contributed by atoms with E-state index in [4.69, 9.17) is 33.2 Å². The zero-order valence-corrected chi connectivity index (χ0v) is 12.4. The van der Waals surface area contributed by atoms with Gasteiger partial charge < -0.3 is 9.84 Å². The first-order valence-electron chi connectivity index (χ1n) is 6.20. The molecule has 0 amide bonds. The minimum Gasteiger partial charge on any atom is -0.481 e. The van der Waals surface area contributed by atoms with E-state index in [0.717, 1.165) is 5.56 Å². The fourth-order valence-corrected chi connectivity index (χ4v) is 2.16. The first kappa shape index (κ1) is 15.6. The Morgan fingerprint density at radius 2 is 1.90 bits per heavy atom. The van der Waals surface area contributed by atoms with Crippen molar-refractivity contribution < 1.29 is 14.6 Å². The van der Waals surface area contributed by atoms with Crippen LogP contribution in [0.15, 0.2) is 48.5 Å². The van der Waals surface area contributed by atoms with E-state index in [2.05, 4.69) is 4.84 Å². The number of benzene rings is 2. The van der Waals surface area contributed by atoms with E-state index < -0.39 is 12.0 Å². The molecular formula is C15H13Cl2NO3. The van der Waals surface area contributed by atoms with Crippen molar-refractivity contribution in [2.75, 3.05) is 0 Å². The smallest absolute Gasteiger partial charge is 0.305 e. The molecule has 0 unspecified atom stereocenters. The molecule has 0 saturated carbocycles. The van der Waals surface area contributed by atoms with Crippen molar-refractivity contribution in [1.29, 1.82) is 0 Å². The molecule has 0 aromatic heterocycles. The molecule has 0 radical (unpaired) electrons. The van der Waals surface area contributed by atoms with Gasteiger partial charge in [0.25, 0.3) is 0 Å². The van der Waals surface area contributed by atoms with E-state index in [1.165, 1.54) is 0 Å². The minimum atomic E-state index is -0.933. The maximum atomic E-state index is 10.8. The molecule has 2 aromatic rings. The number of carbonyl (C=O) groups is 1. The summed E-state index contributed by atoms with van der Waals surface area (Å²) in [5, 5.41) is 9.49. The number of aliphatic carboxylic acids is 1. The largest absolute Gasteiger partial charge is 0.481 e. The van der Waals surface area contributed by atoms with Crippen molar-refractivity contribution in [3.05, 3.63) is 59.1 Å². The van der Waals surface area contributed by atoms with Crippen LogP contribution in [-0.2, 0) is 4.79 Å². The Kier molecular flexibility index (Phi) is 5.44. The summed E-state index contributed by atoms with van der Waals surface area (Å²) in [6.07, 6.45) is -0.117. The average Bonchev–Trinajstić information content (AvgIpc) is 2.47. The van der Waals surface area contributed by atoms with Gasteiger partial charge in [0.1, 0.15) is 11.5 Å². The number of carboxylic acid groups (broad SMARTS) is 1. The molecule has 2 N–H and O–H groups in total. The molecule has 0 spiro atoms. The summed E-state index contributed by atoms with van der Waals surface area (Å²) >= 11 is 11.4. The van der Waals surface area contributed by atoms with E-state index in [9.17, 15) is 4.79 Å². The summed E-state index contributed by atoms with van der Waals surface area (Å²) in [4.78, 5) is 13.3. The van der Waals surface area contributed by atoms with E-state index in [0.29, 0.717) is 16.5 Å². The van der Waals surface area contributed by atoms with Crippen LogP contribution < -0.4 is 9.57 Å². The summed E-state index contributed by atoms with van der Waals surface area (Å²) in [7, 11) is 0. The highest BCUT2D eigenvalue weighted by atomic mass is 35.5. The molecule has 21 heavy (non-hydrogen) atoms. The second-order valence-electron chi connectivity index (χ2n) is 4.39. The quantitative estimate of drug-likeness (QED) is 0.773. The van der Waals surface area contributed by atoms with E-state index in [1.54, 1.807) is 48.5 Å². The van der Waals surface area contributed by atoms with Crippen LogP contribution in [0.3, 0.4) is 0 Å². The lowest BCUT2D eigenvalue weighted by atomic mass is 10.0. The Labute approximate surface area is 132 Å². The Bertz CT molecular complexity index is 617. The molecule has 4 nitrogen and oxygen atoms in total. The van der Waals surface area contributed by atoms with Gasteiger partial charge in [0.2, 0.25) is 0 Å². The normalized spacial score (nSPS) is 11.9. The first-order valence-corrected chi connectivity index (χ1v) is 6.95. The monoisotopic (exact) mass is 325 g/mol. The molecule has 2 aromatic carbocycles. The van der Waals surface area contributed by atoms with Crippen LogP contribution in [0.1, 0.15) is 18.0 Å². The Hall–Kier alpha value is -1.75. The Morgan fingerprint density at radius 3 is 2.52 bits per heavy atom. The maximum Gasteiger partial charge on any atom is 0.305 e. The van der Waals surface area contributed by atoms with Gasteiger partial charge in [-0.25, -0.2) is 4.84 Å². The number of rotatable bonds is 6. The highest BCUT2D eigenvalue weighted by Crippen LogP contribution is 2.27. The summed E-state index contributed by atoms with van der Waals surface area (Å²) in [5.41, 5.74) is 0.735. The van der Waals surface area contributed by atoms with Crippen LogP contribution in [0.5, 0.6) is 11.5 Å². The molecular weight excluding hydrogens is 313 g/mol. The molecule has 0 fully saturated rings. The third-order valence-electron chi connectivity index (χ3n) is 2.82. The molecule has 0 heterocycles. The van der Waals surface area contributed by atoms with Gasteiger partial charge in [0.15, 0.2) is 0 Å². The fraction of sp³-hybridized carbons (Fsp3) is 0.133. The van der Waals surface area contributed by atoms with Crippen molar-refractivity contribution in [3.63, 3.8) is 0 Å². The van der Waals surface area contributed by atoms with Crippen LogP contribution >= 0.6 is 23.4 Å². The van der Waals surface area contributed by atoms with E-state index >= 15 is 0 Å². The molecule has 0 aliphatic heterocycles. The molecule has 0 aliphatic carbocycles. The molecule has 0 saturated heterocycles. The molecule has 1 atom stereocenters. The Balaban J connectivity index is 2.16. The highest BCUT2D eigenvalue weighted by Gasteiger charge is 2.15. The Morgan fingerprint density at radius 1 is 1.19 bits per heavy atom. The average molecular weight is 326 g/mol. The second kappa shape index (κ2) is 7.31. The summed E-state index contributed by atoms with van der Waals surface area (Å²) in [5.74, 6) is 0.305. The summed E-state index contributed by atoms with van der Waals surface area (Å²) in [6, 6.07) is 13.6. The molecule has 0 aliphatic rings. The van der Waals surface area contributed by atoms with Gasteiger partial charge in [-0.05, 0) is 53.7 Å². The van der Waals surface area contributed by atoms with Crippen molar-refractivity contribution in [3.8, 4) is 11.5 Å². The number of hydrogen-bond acceptors (Lipinski definition) is 3. The van der Waals surface area contributed by atoms with Gasteiger partial charge in [-0.2, -0.15) is 0 Å². The lowest BCUT2D eigenvalue weighted by Gasteiger charge is -2.14. The van der Waals surface area contributed by atoms with Gasteiger partial charge in [0, 0.05) is 5.02 Å². The van der Waals surface area contributed by atoms with Gasteiger partial charge in [-0.1, -0.05) is 23.7 Å². The number of ether oxygens (including phenoxy) is 1. The van der Waals surface area contributed by atoms with Crippen LogP contribution in [0.4, 0.5) is 0 Å². The van der Waals surface area contributed by atoms with Crippen LogP contribution in [-0.4, -0.2) is 11.1 Å². The molecule has 6 heteroatoms. The highest BCUT2D eigenvalue weighted by molar-refractivity contribution is 6.30. The van der Waals surface area contributed by atoms with Crippen molar-refractivity contribution in [1.82, 2.24) is 4.84 Å². The SMILES string of the molecule is O=C(O)C[C@H](NCl)c1cccc(Oc2ccc(Cl)cc2)c1. The number of hydrogen-bond donors (Lipinski definition) is 2. The predicted octanol–water partition coefficient (Wildman–Crippen LogP) is 4.39. The van der Waals surface area contributed by atoms with Gasteiger partial charge in [0.05, 0.1) is 12.5 Å².